The van der Waals surface area contributed by atoms with Crippen molar-refractivity contribution < 1.29 is 22.7 Å². The number of amides is 1. The average Bonchev–Trinajstić information content (AvgIpc) is 2.77. The number of carbonyl (C=O) groups excluding carboxylic acids is 1. The predicted molar refractivity (Wildman–Crippen MR) is 116 cm³/mol. The maximum atomic E-state index is 13.3. The third kappa shape index (κ3) is 4.76. The minimum absolute atomic E-state index is 0.0951. The van der Waals surface area contributed by atoms with E-state index in [1.54, 1.807) is 11.0 Å². The highest BCUT2D eigenvalue weighted by molar-refractivity contribution is 5.94. The standard InChI is InChI=1S/C24H28F3N3O2/c1-15-3-2-4-16(11-15)23(31)30(10-9-28)14-19-7-5-17-13-29-21-8-6-18(24(25,26)27)12-20(21)22(17)32-19/h2-4,6,8,11-12,17,19,22,29H,5,7,9-10,13-14,28H2,1H3. The molecule has 5 nitrogen and oxygen atoms in total. The van der Waals surface area contributed by atoms with Gasteiger partial charge in [-0.3, -0.25) is 4.79 Å². The lowest BCUT2D eigenvalue weighted by atomic mass is 9.83. The van der Waals surface area contributed by atoms with Crippen LogP contribution in [-0.4, -0.2) is 43.1 Å². The van der Waals surface area contributed by atoms with Crippen LogP contribution < -0.4 is 11.1 Å². The zero-order chi connectivity index (χ0) is 22.9. The number of halogens is 3. The molecule has 2 aromatic carbocycles. The second-order valence-electron chi connectivity index (χ2n) is 8.61. The summed E-state index contributed by atoms with van der Waals surface area (Å²) in [6.07, 6.45) is -3.56. The first-order chi connectivity index (χ1) is 15.3. The summed E-state index contributed by atoms with van der Waals surface area (Å²) in [5.41, 5.74) is 7.88. The number of hydrogen-bond acceptors (Lipinski definition) is 4. The average molecular weight is 448 g/mol. The minimum atomic E-state index is -4.41. The lowest BCUT2D eigenvalue weighted by molar-refractivity contribution is -0.138. The van der Waals surface area contributed by atoms with Crippen LogP contribution in [0.5, 0.6) is 0 Å². The Morgan fingerprint density at radius 3 is 2.75 bits per heavy atom. The van der Waals surface area contributed by atoms with E-state index >= 15 is 0 Å². The van der Waals surface area contributed by atoms with Gasteiger partial charge in [-0.25, -0.2) is 0 Å². The first-order valence-electron chi connectivity index (χ1n) is 10.9. The molecule has 0 aliphatic carbocycles. The Labute approximate surface area is 185 Å². The van der Waals surface area contributed by atoms with Gasteiger partial charge in [0, 0.05) is 48.9 Å². The molecule has 0 spiro atoms. The number of rotatable bonds is 5. The molecule has 4 rings (SSSR count). The zero-order valence-corrected chi connectivity index (χ0v) is 18.0. The minimum Gasteiger partial charge on any atom is -0.384 e. The molecule has 3 unspecified atom stereocenters. The number of aryl methyl sites for hydroxylation is 1. The highest BCUT2D eigenvalue weighted by Gasteiger charge is 2.39. The molecule has 1 saturated heterocycles. The van der Waals surface area contributed by atoms with Crippen LogP contribution in [0.25, 0.3) is 0 Å². The monoisotopic (exact) mass is 447 g/mol. The number of benzene rings is 2. The number of carbonyl (C=O) groups is 1. The second-order valence-corrected chi connectivity index (χ2v) is 8.61. The zero-order valence-electron chi connectivity index (χ0n) is 18.0. The van der Waals surface area contributed by atoms with Crippen molar-refractivity contribution in [3.63, 3.8) is 0 Å². The van der Waals surface area contributed by atoms with E-state index in [4.69, 9.17) is 10.5 Å². The van der Waals surface area contributed by atoms with Crippen molar-refractivity contribution in [3.8, 4) is 0 Å². The Hall–Kier alpha value is -2.58. The van der Waals surface area contributed by atoms with Crippen molar-refractivity contribution in [2.75, 3.05) is 31.5 Å². The van der Waals surface area contributed by atoms with Crippen molar-refractivity contribution in [2.24, 2.45) is 11.7 Å². The van der Waals surface area contributed by atoms with E-state index < -0.39 is 17.8 Å². The molecule has 8 heteroatoms. The van der Waals surface area contributed by atoms with Crippen molar-refractivity contribution in [2.45, 2.75) is 38.1 Å². The Bertz CT molecular complexity index is 979. The molecule has 0 aromatic heterocycles. The largest absolute Gasteiger partial charge is 0.416 e. The van der Waals surface area contributed by atoms with E-state index in [9.17, 15) is 18.0 Å². The summed E-state index contributed by atoms with van der Waals surface area (Å²) in [7, 11) is 0. The van der Waals surface area contributed by atoms with E-state index in [-0.39, 0.29) is 17.9 Å². The van der Waals surface area contributed by atoms with Gasteiger partial charge in [0.25, 0.3) is 5.91 Å². The van der Waals surface area contributed by atoms with Crippen molar-refractivity contribution in [1.29, 1.82) is 0 Å². The molecule has 2 aromatic rings. The molecule has 0 radical (unpaired) electrons. The van der Waals surface area contributed by atoms with Crippen LogP contribution in [0.4, 0.5) is 18.9 Å². The Kier molecular flexibility index (Phi) is 6.44. The van der Waals surface area contributed by atoms with E-state index in [0.717, 1.165) is 24.5 Å². The smallest absolute Gasteiger partial charge is 0.384 e. The van der Waals surface area contributed by atoms with Crippen LogP contribution in [0, 0.1) is 12.8 Å². The first kappa shape index (κ1) is 22.6. The maximum absolute atomic E-state index is 13.3. The number of anilines is 1. The normalized spacial score (nSPS) is 22.5. The molecule has 32 heavy (non-hydrogen) atoms. The fourth-order valence-electron chi connectivity index (χ4n) is 4.62. The van der Waals surface area contributed by atoms with E-state index in [0.29, 0.717) is 43.0 Å². The summed E-state index contributed by atoms with van der Waals surface area (Å²) < 4.78 is 46.2. The third-order valence-electron chi connectivity index (χ3n) is 6.24. The summed E-state index contributed by atoms with van der Waals surface area (Å²) in [4.78, 5) is 14.8. The van der Waals surface area contributed by atoms with Gasteiger partial charge in [0.1, 0.15) is 0 Å². The van der Waals surface area contributed by atoms with Gasteiger partial charge in [0.05, 0.1) is 17.8 Å². The molecule has 2 aliphatic heterocycles. The Morgan fingerprint density at radius 2 is 2.03 bits per heavy atom. The predicted octanol–water partition coefficient (Wildman–Crippen LogP) is 4.38. The molecule has 3 N–H and O–H groups in total. The van der Waals surface area contributed by atoms with Gasteiger partial charge in [0.15, 0.2) is 0 Å². The summed E-state index contributed by atoms with van der Waals surface area (Å²) in [5, 5.41) is 3.23. The molecule has 172 valence electrons. The van der Waals surface area contributed by atoms with Gasteiger partial charge in [-0.15, -0.1) is 0 Å². The number of nitrogens with two attached hydrogens (primary N) is 1. The SMILES string of the molecule is Cc1cccc(C(=O)N(CCN)CC2CCC3CNc4ccc(C(F)(F)F)cc4C3O2)c1. The Morgan fingerprint density at radius 1 is 1.22 bits per heavy atom. The fourth-order valence-corrected chi connectivity index (χ4v) is 4.62. The highest BCUT2D eigenvalue weighted by atomic mass is 19.4. The summed E-state index contributed by atoms with van der Waals surface area (Å²) in [6.45, 7) is 3.65. The lowest BCUT2D eigenvalue weighted by Crippen LogP contribution is -2.45. The number of fused-ring (bicyclic) bond motifs is 3. The van der Waals surface area contributed by atoms with Crippen LogP contribution in [0.15, 0.2) is 42.5 Å². The maximum Gasteiger partial charge on any atom is 0.416 e. The number of hydrogen-bond donors (Lipinski definition) is 2. The number of nitrogens with one attached hydrogen (secondary N) is 1. The second kappa shape index (κ2) is 9.11. The molecule has 2 aliphatic rings. The van der Waals surface area contributed by atoms with Crippen molar-refractivity contribution in [1.82, 2.24) is 4.90 Å². The molecular weight excluding hydrogens is 419 g/mol. The van der Waals surface area contributed by atoms with Gasteiger partial charge in [-0.2, -0.15) is 13.2 Å². The Balaban J connectivity index is 1.53. The van der Waals surface area contributed by atoms with Crippen LogP contribution >= 0.6 is 0 Å². The topological polar surface area (TPSA) is 67.6 Å². The lowest BCUT2D eigenvalue weighted by Gasteiger charge is -2.42. The van der Waals surface area contributed by atoms with Gasteiger partial charge in [0.2, 0.25) is 0 Å². The third-order valence-corrected chi connectivity index (χ3v) is 6.24. The molecule has 1 amide bonds. The molecule has 1 fully saturated rings. The van der Waals surface area contributed by atoms with Crippen LogP contribution in [0.1, 0.15) is 46.0 Å². The molecule has 0 bridgehead atoms. The van der Waals surface area contributed by atoms with Crippen LogP contribution in [0.3, 0.4) is 0 Å². The van der Waals surface area contributed by atoms with E-state index in [1.807, 2.05) is 25.1 Å². The molecule has 2 heterocycles. The fraction of sp³-hybridized carbons (Fsp3) is 0.458. The van der Waals surface area contributed by atoms with Crippen molar-refractivity contribution in [3.05, 3.63) is 64.7 Å². The number of nitrogens with zero attached hydrogens (tertiary/aromatic N) is 1. The summed E-state index contributed by atoms with van der Waals surface area (Å²) in [5.74, 6) is -0.0207. The van der Waals surface area contributed by atoms with Crippen molar-refractivity contribution >= 4 is 11.6 Å². The van der Waals surface area contributed by atoms with E-state index in [1.165, 1.54) is 12.1 Å². The molecule has 3 atom stereocenters. The highest BCUT2D eigenvalue weighted by Crippen LogP contribution is 2.44. The van der Waals surface area contributed by atoms with Gasteiger partial charge >= 0.3 is 6.18 Å². The van der Waals surface area contributed by atoms with Gasteiger partial charge in [-0.1, -0.05) is 17.7 Å². The number of alkyl halides is 3. The number of ether oxygens (including phenoxy) is 1. The van der Waals surface area contributed by atoms with Gasteiger partial charge < -0.3 is 20.7 Å². The summed E-state index contributed by atoms with van der Waals surface area (Å²) in [6, 6.07) is 11.1. The first-order valence-corrected chi connectivity index (χ1v) is 10.9. The quantitative estimate of drug-likeness (QED) is 0.714. The van der Waals surface area contributed by atoms with Crippen LogP contribution in [-0.2, 0) is 10.9 Å². The molecule has 0 saturated carbocycles. The van der Waals surface area contributed by atoms with Gasteiger partial charge in [-0.05, 0) is 50.1 Å². The van der Waals surface area contributed by atoms with Crippen LogP contribution in [0.2, 0.25) is 0 Å². The van der Waals surface area contributed by atoms with E-state index in [2.05, 4.69) is 5.32 Å². The summed E-state index contributed by atoms with van der Waals surface area (Å²) >= 11 is 0. The molecular formula is C24H28F3N3O2.